The molecule has 2 aromatic rings. The summed E-state index contributed by atoms with van der Waals surface area (Å²) in [4.78, 5) is 32.5. The van der Waals surface area contributed by atoms with Gasteiger partial charge in [0.25, 0.3) is 0 Å². The fourth-order valence-corrected chi connectivity index (χ4v) is 12.3. The molecular weight excluding hydrogens is 972 g/mol. The molecule has 0 radical (unpaired) electrons. The number of esters is 1. The topological polar surface area (TPSA) is 231 Å². The number of carbonyl (C=O) groups is 2. The second kappa shape index (κ2) is 25.3. The molecule has 1 amide bonds. The van der Waals surface area contributed by atoms with Crippen LogP contribution in [0.4, 0.5) is 10.1 Å². The lowest BCUT2D eigenvalue weighted by molar-refractivity contribution is -0.312. The van der Waals surface area contributed by atoms with Crippen molar-refractivity contribution in [2.45, 2.75) is 218 Å². The van der Waals surface area contributed by atoms with Crippen molar-refractivity contribution in [2.24, 2.45) is 23.2 Å². The van der Waals surface area contributed by atoms with Gasteiger partial charge in [-0.15, -0.1) is 5.10 Å². The molecule has 20 heteroatoms. The Labute approximate surface area is 444 Å². The SMILES string of the molecule is CC[C@H]1OC(=O)[C@H](C)[C@@H](O[C@H]2CC(C)(C)[C@@H](O)[C@H](C)O2)[C@H](C)[C@@H](O[C@@H]2O[C@H](C)C[C@H](N(C)CCc3cn([C@H](CF)[C@H](OC)c4ccc(N5CCCC5=O)cc4)nn3)[C@H]2O)[C@](C)(O)C[C@@H](C)CN(C)[C@H](C)[C@@H](O)[C@]1(C)O. The van der Waals surface area contributed by atoms with Crippen LogP contribution in [0.3, 0.4) is 0 Å². The minimum Gasteiger partial charge on any atom is -0.459 e. The van der Waals surface area contributed by atoms with Crippen molar-refractivity contribution in [3.8, 4) is 0 Å². The van der Waals surface area contributed by atoms with Crippen molar-refractivity contribution in [1.82, 2.24) is 24.8 Å². The second-order valence-corrected chi connectivity index (χ2v) is 23.7. The molecule has 1 aromatic carbocycles. The van der Waals surface area contributed by atoms with Crippen LogP contribution in [0.25, 0.3) is 0 Å². The van der Waals surface area contributed by atoms with Crippen molar-refractivity contribution in [3.05, 3.63) is 41.7 Å². The van der Waals surface area contributed by atoms with Gasteiger partial charge < -0.3 is 68.7 Å². The molecule has 19 atom stereocenters. The Kier molecular flexibility index (Phi) is 20.5. The number of ether oxygens (including phenoxy) is 6. The van der Waals surface area contributed by atoms with Crippen LogP contribution >= 0.6 is 0 Å². The lowest BCUT2D eigenvalue weighted by atomic mass is 9.77. The Morgan fingerprint density at radius 2 is 1.64 bits per heavy atom. The number of carbonyl (C=O) groups excluding carboxylic acids is 2. The van der Waals surface area contributed by atoms with Gasteiger partial charge in [0.15, 0.2) is 12.6 Å². The van der Waals surface area contributed by atoms with Gasteiger partial charge in [0.05, 0.1) is 47.7 Å². The number of methoxy groups -OCH3 is 1. The summed E-state index contributed by atoms with van der Waals surface area (Å²) in [5, 5.41) is 68.5. The number of hydrogen-bond donors (Lipinski definition) is 5. The molecule has 0 aliphatic carbocycles. The van der Waals surface area contributed by atoms with Crippen molar-refractivity contribution in [3.63, 3.8) is 0 Å². The molecule has 4 aliphatic rings. The number of halogens is 1. The van der Waals surface area contributed by atoms with E-state index in [4.69, 9.17) is 28.4 Å². The number of hydrogen-bond acceptors (Lipinski definition) is 17. The largest absolute Gasteiger partial charge is 0.459 e. The fraction of sp³-hybridized carbons (Fsp3) is 0.818. The van der Waals surface area contributed by atoms with Crippen molar-refractivity contribution < 1.29 is 67.9 Å². The van der Waals surface area contributed by atoms with Crippen LogP contribution in [0.1, 0.15) is 138 Å². The Balaban J connectivity index is 1.24. The number of rotatable bonds is 15. The van der Waals surface area contributed by atoms with Crippen molar-refractivity contribution in [1.29, 1.82) is 0 Å². The van der Waals surface area contributed by atoms with Crippen LogP contribution < -0.4 is 4.90 Å². The first-order valence-corrected chi connectivity index (χ1v) is 27.3. The van der Waals surface area contributed by atoms with E-state index in [-0.39, 0.29) is 31.1 Å². The molecule has 0 unspecified atom stereocenters. The standard InChI is InChI=1S/C55H91FN6O13/c1-15-42-55(11,69)48(65)35(6)60(13)29-31(2)26-54(10,68)50(33(4)46(34(5)51(67)73-42)74-44-27-53(8,9)49(66)36(7)72-44)75-52-45(64)40(25-32(3)71-52)59(12)24-22-38-30-62(58-57-38)41(28-56)47(70-14)37-18-20-39(21-19-37)61-23-16-17-43(61)63/h18-21,30-36,40-42,44-50,52,64-66,68-69H,15-17,22-29H2,1-14H3/t31-,32-,33+,34-,35-,36+,40+,41-,42-,44+,45-,46+,47-,48-,49+,50-,52+,54-,55-/m1/s1. The minimum absolute atomic E-state index is 0.0807. The van der Waals surface area contributed by atoms with Gasteiger partial charge in [0.2, 0.25) is 5.91 Å². The summed E-state index contributed by atoms with van der Waals surface area (Å²) in [6.07, 6.45) is -5.93. The summed E-state index contributed by atoms with van der Waals surface area (Å²) in [6, 6.07) is 5.50. The molecule has 5 N–H and O–H groups in total. The summed E-state index contributed by atoms with van der Waals surface area (Å²) < 4.78 is 54.8. The summed E-state index contributed by atoms with van der Waals surface area (Å²) >= 11 is 0. The average molecular weight is 1060 g/mol. The van der Waals surface area contributed by atoms with Gasteiger partial charge in [-0.2, -0.15) is 0 Å². The van der Waals surface area contributed by atoms with Gasteiger partial charge in [-0.05, 0) is 110 Å². The third kappa shape index (κ3) is 14.0. The number of aliphatic hydroxyl groups is 5. The molecule has 75 heavy (non-hydrogen) atoms. The maximum absolute atomic E-state index is 14.9. The minimum atomic E-state index is -1.84. The van der Waals surface area contributed by atoms with Crippen molar-refractivity contribution >= 4 is 17.6 Å². The first kappa shape index (κ1) is 61.0. The predicted octanol–water partition coefficient (Wildman–Crippen LogP) is 4.75. The average Bonchev–Trinajstić information content (AvgIpc) is 4.02. The first-order valence-electron chi connectivity index (χ1n) is 27.3. The van der Waals surface area contributed by atoms with Crippen LogP contribution in [-0.2, 0) is 44.4 Å². The number of likely N-dealkylation sites (N-methyl/N-ethyl adjacent to an activating group) is 2. The van der Waals surface area contributed by atoms with Gasteiger partial charge >= 0.3 is 5.97 Å². The van der Waals surface area contributed by atoms with E-state index in [0.29, 0.717) is 44.6 Å². The Morgan fingerprint density at radius 1 is 0.960 bits per heavy atom. The maximum Gasteiger partial charge on any atom is 0.311 e. The molecule has 4 saturated heterocycles. The number of alkyl halides is 1. The molecule has 0 spiro atoms. The highest BCUT2D eigenvalue weighted by Gasteiger charge is 2.52. The lowest BCUT2D eigenvalue weighted by Gasteiger charge is -2.49. The maximum atomic E-state index is 14.9. The van der Waals surface area contributed by atoms with E-state index in [1.807, 2.05) is 82.8 Å². The van der Waals surface area contributed by atoms with E-state index < -0.39 is 127 Å². The zero-order chi connectivity index (χ0) is 55.5. The van der Waals surface area contributed by atoms with Gasteiger partial charge in [0.1, 0.15) is 42.7 Å². The normalized spacial score (nSPS) is 38.7. The molecule has 4 aliphatic heterocycles. The number of benzene rings is 1. The van der Waals surface area contributed by atoms with Gasteiger partial charge in [-0.25, -0.2) is 9.07 Å². The third-order valence-corrected chi connectivity index (χ3v) is 16.9. The number of anilines is 1. The van der Waals surface area contributed by atoms with Crippen molar-refractivity contribution in [2.75, 3.05) is 52.4 Å². The van der Waals surface area contributed by atoms with E-state index in [9.17, 15) is 39.5 Å². The van der Waals surface area contributed by atoms with E-state index in [2.05, 4.69) is 10.3 Å². The van der Waals surface area contributed by atoms with E-state index in [0.717, 1.165) is 17.7 Å². The molecule has 426 valence electrons. The van der Waals surface area contributed by atoms with Crippen LogP contribution in [-0.4, -0.2) is 194 Å². The molecule has 5 heterocycles. The Morgan fingerprint density at radius 3 is 2.24 bits per heavy atom. The van der Waals surface area contributed by atoms with E-state index >= 15 is 0 Å². The van der Waals surface area contributed by atoms with Crippen LogP contribution in [0.5, 0.6) is 0 Å². The monoisotopic (exact) mass is 1060 g/mol. The van der Waals surface area contributed by atoms with Crippen LogP contribution in [0.15, 0.2) is 30.5 Å². The van der Waals surface area contributed by atoms with Gasteiger partial charge in [0, 0.05) is 75.9 Å². The first-order chi connectivity index (χ1) is 35.1. The molecule has 0 bridgehead atoms. The highest BCUT2D eigenvalue weighted by atomic mass is 19.1. The highest BCUT2D eigenvalue weighted by Crippen LogP contribution is 2.42. The summed E-state index contributed by atoms with van der Waals surface area (Å²) in [7, 11) is 5.24. The summed E-state index contributed by atoms with van der Waals surface area (Å²) in [5.41, 5.74) is -1.98. The zero-order valence-electron chi connectivity index (χ0n) is 47.0. The zero-order valence-corrected chi connectivity index (χ0v) is 47.0. The summed E-state index contributed by atoms with van der Waals surface area (Å²) in [5.74, 6) is -2.69. The Hall–Kier alpha value is -3.25. The second-order valence-electron chi connectivity index (χ2n) is 23.7. The third-order valence-electron chi connectivity index (χ3n) is 16.9. The highest BCUT2D eigenvalue weighted by molar-refractivity contribution is 5.95. The van der Waals surface area contributed by atoms with E-state index in [1.54, 1.807) is 45.7 Å². The van der Waals surface area contributed by atoms with Crippen LogP contribution in [0.2, 0.25) is 0 Å². The number of nitrogens with zero attached hydrogens (tertiary/aromatic N) is 6. The number of cyclic esters (lactones) is 1. The fourth-order valence-electron chi connectivity index (χ4n) is 12.3. The molecule has 4 fully saturated rings. The molecule has 6 rings (SSSR count). The van der Waals surface area contributed by atoms with Crippen LogP contribution in [0, 0.1) is 23.2 Å². The number of aliphatic hydroxyl groups excluding tert-OH is 3. The quantitative estimate of drug-likeness (QED) is 0.152. The number of amides is 1. The summed E-state index contributed by atoms with van der Waals surface area (Å²) in [6.45, 7) is 20.4. The predicted molar refractivity (Wildman–Crippen MR) is 278 cm³/mol. The Bertz CT molecular complexity index is 2150. The molecular formula is C55H91FN6O13. The molecule has 19 nitrogen and oxygen atoms in total. The molecule has 0 saturated carbocycles. The smallest absolute Gasteiger partial charge is 0.311 e. The van der Waals surface area contributed by atoms with Gasteiger partial charge in [-0.3, -0.25) is 9.59 Å². The number of aromatic nitrogens is 3. The van der Waals surface area contributed by atoms with E-state index in [1.165, 1.54) is 18.7 Å². The van der Waals surface area contributed by atoms with Gasteiger partial charge in [-0.1, -0.05) is 52.0 Å². The molecule has 1 aromatic heterocycles. The lowest BCUT2D eigenvalue weighted by Crippen LogP contribution is -2.60.